The summed E-state index contributed by atoms with van der Waals surface area (Å²) in [7, 11) is 3.81. The molecule has 0 saturated carbocycles. The first kappa shape index (κ1) is 13.9. The molecule has 0 aromatic carbocycles. The zero-order valence-electron chi connectivity index (χ0n) is 11.4. The van der Waals surface area contributed by atoms with E-state index in [1.54, 1.807) is 7.11 Å². The number of rotatable bonds is 5. The average Bonchev–Trinajstić information content (AvgIpc) is 2.39. The summed E-state index contributed by atoms with van der Waals surface area (Å²) in [5.74, 6) is 0. The fourth-order valence-electron chi connectivity index (χ4n) is 2.53. The van der Waals surface area contributed by atoms with Gasteiger partial charge in [0.15, 0.2) is 0 Å². The summed E-state index contributed by atoms with van der Waals surface area (Å²) >= 11 is 0. The lowest BCUT2D eigenvalue weighted by Gasteiger charge is -2.30. The van der Waals surface area contributed by atoms with Gasteiger partial charge in [-0.2, -0.15) is 0 Å². The molecule has 0 radical (unpaired) electrons. The zero-order valence-corrected chi connectivity index (χ0v) is 11.4. The number of nitrogens with zero attached hydrogens (tertiary/aromatic N) is 1. The molecule has 0 amide bonds. The van der Waals surface area contributed by atoms with E-state index in [9.17, 15) is 0 Å². The Hall–Kier alpha value is -0.120. The summed E-state index contributed by atoms with van der Waals surface area (Å²) in [5.41, 5.74) is 0.520. The molecule has 0 aromatic heterocycles. The monoisotopic (exact) mass is 228 g/mol. The van der Waals surface area contributed by atoms with Gasteiger partial charge in [0.25, 0.3) is 0 Å². The third-order valence-corrected chi connectivity index (χ3v) is 3.69. The minimum atomic E-state index is 0.520. The van der Waals surface area contributed by atoms with E-state index in [-0.39, 0.29) is 0 Å². The topological polar surface area (TPSA) is 24.5 Å². The first-order valence-electron chi connectivity index (χ1n) is 6.46. The summed E-state index contributed by atoms with van der Waals surface area (Å²) < 4.78 is 5.32. The third-order valence-electron chi connectivity index (χ3n) is 3.69. The molecular weight excluding hydrogens is 200 g/mol. The van der Waals surface area contributed by atoms with E-state index in [0.29, 0.717) is 11.5 Å². The van der Waals surface area contributed by atoms with Crippen LogP contribution >= 0.6 is 0 Å². The van der Waals surface area contributed by atoms with Gasteiger partial charge in [0.2, 0.25) is 0 Å². The molecule has 1 aliphatic rings. The molecule has 16 heavy (non-hydrogen) atoms. The van der Waals surface area contributed by atoms with Crippen LogP contribution in [0.1, 0.15) is 33.1 Å². The summed E-state index contributed by atoms with van der Waals surface area (Å²) in [6.07, 6.45) is 3.97. The van der Waals surface area contributed by atoms with E-state index >= 15 is 0 Å². The summed E-state index contributed by atoms with van der Waals surface area (Å²) in [5, 5.41) is 3.27. The Morgan fingerprint density at radius 2 is 2.06 bits per heavy atom. The quantitative estimate of drug-likeness (QED) is 0.775. The van der Waals surface area contributed by atoms with Gasteiger partial charge in [0.1, 0.15) is 0 Å². The molecule has 3 nitrogen and oxygen atoms in total. The molecule has 0 bridgehead atoms. The molecular formula is C13H28N2O. The largest absolute Gasteiger partial charge is 0.383 e. The van der Waals surface area contributed by atoms with Crippen molar-refractivity contribution in [3.63, 3.8) is 0 Å². The molecule has 0 spiro atoms. The maximum atomic E-state index is 5.32. The minimum Gasteiger partial charge on any atom is -0.383 e. The molecule has 1 rings (SSSR count). The summed E-state index contributed by atoms with van der Waals surface area (Å²) in [6.45, 7) is 9.07. The Balaban J connectivity index is 2.50. The first-order valence-corrected chi connectivity index (χ1v) is 6.46. The molecule has 1 N–H and O–H groups in total. The predicted molar refractivity (Wildman–Crippen MR) is 68.8 cm³/mol. The second kappa shape index (κ2) is 6.58. The normalized spacial score (nSPS) is 24.0. The Morgan fingerprint density at radius 1 is 1.31 bits per heavy atom. The van der Waals surface area contributed by atoms with Gasteiger partial charge in [-0.3, -0.25) is 4.90 Å². The van der Waals surface area contributed by atoms with Gasteiger partial charge in [-0.05, 0) is 44.8 Å². The van der Waals surface area contributed by atoms with Crippen LogP contribution in [-0.2, 0) is 4.74 Å². The molecule has 1 heterocycles. The highest BCUT2D eigenvalue weighted by Gasteiger charge is 2.26. The number of methoxy groups -OCH3 is 1. The molecule has 0 aliphatic carbocycles. The van der Waals surface area contributed by atoms with Crippen molar-refractivity contribution in [3.8, 4) is 0 Å². The number of ether oxygens (including phenoxy) is 1. The summed E-state index contributed by atoms with van der Waals surface area (Å²) in [6, 6.07) is 0.531. The van der Waals surface area contributed by atoms with Gasteiger partial charge in [-0.1, -0.05) is 13.8 Å². The SMILES string of the molecule is CNCC(COC)N1CCCC(C)(C)CC1. The van der Waals surface area contributed by atoms with Crippen LogP contribution in [0.15, 0.2) is 0 Å². The lowest BCUT2D eigenvalue weighted by molar-refractivity contribution is 0.0904. The van der Waals surface area contributed by atoms with Crippen molar-refractivity contribution in [2.24, 2.45) is 5.41 Å². The van der Waals surface area contributed by atoms with Crippen molar-refractivity contribution in [1.29, 1.82) is 0 Å². The van der Waals surface area contributed by atoms with Crippen molar-refractivity contribution in [2.75, 3.05) is 40.4 Å². The van der Waals surface area contributed by atoms with Crippen LogP contribution in [0.25, 0.3) is 0 Å². The number of hydrogen-bond donors (Lipinski definition) is 1. The number of likely N-dealkylation sites (N-methyl/N-ethyl adjacent to an activating group) is 1. The lowest BCUT2D eigenvalue weighted by atomic mass is 9.85. The second-order valence-electron chi connectivity index (χ2n) is 5.72. The third kappa shape index (κ3) is 4.40. The Labute approximate surface area is 101 Å². The molecule has 96 valence electrons. The van der Waals surface area contributed by atoms with Crippen molar-refractivity contribution in [1.82, 2.24) is 10.2 Å². The van der Waals surface area contributed by atoms with E-state index in [4.69, 9.17) is 4.74 Å². The second-order valence-corrected chi connectivity index (χ2v) is 5.72. The molecule has 1 aliphatic heterocycles. The van der Waals surface area contributed by atoms with Gasteiger partial charge < -0.3 is 10.1 Å². The Morgan fingerprint density at radius 3 is 2.69 bits per heavy atom. The van der Waals surface area contributed by atoms with Crippen molar-refractivity contribution >= 4 is 0 Å². The standard InChI is InChI=1S/C13H28N2O/c1-13(2)6-5-8-15(9-7-13)12(10-14-3)11-16-4/h12,14H,5-11H2,1-4H3. The van der Waals surface area contributed by atoms with Crippen LogP contribution in [0.2, 0.25) is 0 Å². The van der Waals surface area contributed by atoms with E-state index in [2.05, 4.69) is 24.1 Å². The first-order chi connectivity index (χ1) is 7.59. The molecule has 1 fully saturated rings. The Kier molecular flexibility index (Phi) is 5.73. The maximum absolute atomic E-state index is 5.32. The average molecular weight is 228 g/mol. The van der Waals surface area contributed by atoms with E-state index in [0.717, 1.165) is 13.2 Å². The van der Waals surface area contributed by atoms with Crippen LogP contribution in [0.4, 0.5) is 0 Å². The zero-order chi connectivity index (χ0) is 12.0. The highest BCUT2D eigenvalue weighted by atomic mass is 16.5. The number of likely N-dealkylation sites (tertiary alicyclic amines) is 1. The van der Waals surface area contributed by atoms with Crippen molar-refractivity contribution < 1.29 is 4.74 Å². The highest BCUT2D eigenvalue weighted by Crippen LogP contribution is 2.30. The highest BCUT2D eigenvalue weighted by molar-refractivity contribution is 4.81. The van der Waals surface area contributed by atoms with Crippen LogP contribution < -0.4 is 5.32 Å². The van der Waals surface area contributed by atoms with E-state index in [1.807, 2.05) is 7.05 Å². The van der Waals surface area contributed by atoms with Gasteiger partial charge >= 0.3 is 0 Å². The van der Waals surface area contributed by atoms with Gasteiger partial charge in [0, 0.05) is 19.7 Å². The van der Waals surface area contributed by atoms with Gasteiger partial charge in [0.05, 0.1) is 6.61 Å². The summed E-state index contributed by atoms with van der Waals surface area (Å²) in [4.78, 5) is 2.59. The fourth-order valence-corrected chi connectivity index (χ4v) is 2.53. The molecule has 3 heteroatoms. The predicted octanol–water partition coefficient (Wildman–Crippen LogP) is 1.73. The minimum absolute atomic E-state index is 0.520. The smallest absolute Gasteiger partial charge is 0.0630 e. The molecule has 1 atom stereocenters. The lowest BCUT2D eigenvalue weighted by Crippen LogP contribution is -2.45. The van der Waals surface area contributed by atoms with Crippen LogP contribution in [0.3, 0.4) is 0 Å². The Bertz CT molecular complexity index is 188. The maximum Gasteiger partial charge on any atom is 0.0630 e. The fraction of sp³-hybridized carbons (Fsp3) is 1.00. The van der Waals surface area contributed by atoms with Gasteiger partial charge in [-0.15, -0.1) is 0 Å². The van der Waals surface area contributed by atoms with Crippen molar-refractivity contribution in [3.05, 3.63) is 0 Å². The van der Waals surface area contributed by atoms with Crippen LogP contribution in [0.5, 0.6) is 0 Å². The number of nitrogens with one attached hydrogen (secondary N) is 1. The van der Waals surface area contributed by atoms with Crippen molar-refractivity contribution in [2.45, 2.75) is 39.2 Å². The number of hydrogen-bond acceptors (Lipinski definition) is 3. The molecule has 0 aromatic rings. The molecule has 1 unspecified atom stereocenters. The van der Waals surface area contributed by atoms with Gasteiger partial charge in [-0.25, -0.2) is 0 Å². The van der Waals surface area contributed by atoms with E-state index in [1.165, 1.54) is 32.4 Å². The van der Waals surface area contributed by atoms with Crippen LogP contribution in [0, 0.1) is 5.41 Å². The van der Waals surface area contributed by atoms with E-state index < -0.39 is 0 Å². The van der Waals surface area contributed by atoms with Crippen LogP contribution in [-0.4, -0.2) is 51.3 Å². The molecule has 1 saturated heterocycles.